The van der Waals surface area contributed by atoms with E-state index < -0.39 is 0 Å². The van der Waals surface area contributed by atoms with Gasteiger partial charge in [0.15, 0.2) is 0 Å². The highest BCUT2D eigenvalue weighted by Gasteiger charge is 2.27. The van der Waals surface area contributed by atoms with E-state index in [1.54, 1.807) is 0 Å². The molecule has 2 heterocycles. The standard InChI is InChI=1S/C26H26N4O2/c1-3-29-17-22-23(27-29)14-13-21-24(15-18-7-5-4-6-8-18)30(28-25(21)22)16-19-9-11-20(12-10-19)26(31)32-2/h4-12,17H,3,13-16H2,1-2H3. The average Bonchev–Trinajstić information content (AvgIpc) is 3.41. The Balaban J connectivity index is 1.54. The van der Waals surface area contributed by atoms with E-state index in [0.29, 0.717) is 12.1 Å². The maximum atomic E-state index is 11.8. The van der Waals surface area contributed by atoms with Crippen molar-refractivity contribution in [3.05, 3.63) is 94.4 Å². The predicted octanol–water partition coefficient (Wildman–Crippen LogP) is 4.29. The molecule has 162 valence electrons. The molecule has 0 amide bonds. The zero-order valence-electron chi connectivity index (χ0n) is 18.4. The number of hydrogen-bond acceptors (Lipinski definition) is 4. The number of esters is 1. The maximum absolute atomic E-state index is 11.8. The number of hydrogen-bond donors (Lipinski definition) is 0. The second-order valence-corrected chi connectivity index (χ2v) is 8.13. The van der Waals surface area contributed by atoms with Gasteiger partial charge in [-0.15, -0.1) is 0 Å². The summed E-state index contributed by atoms with van der Waals surface area (Å²) in [7, 11) is 1.40. The van der Waals surface area contributed by atoms with Crippen molar-refractivity contribution in [1.82, 2.24) is 19.6 Å². The lowest BCUT2D eigenvalue weighted by molar-refractivity contribution is 0.0600. The van der Waals surface area contributed by atoms with Crippen molar-refractivity contribution in [2.75, 3.05) is 7.11 Å². The third-order valence-corrected chi connectivity index (χ3v) is 6.12. The Hall–Kier alpha value is -3.67. The molecule has 0 saturated heterocycles. The predicted molar refractivity (Wildman–Crippen MR) is 123 cm³/mol. The van der Waals surface area contributed by atoms with Crippen LogP contribution in [0.25, 0.3) is 11.3 Å². The van der Waals surface area contributed by atoms with Crippen molar-refractivity contribution >= 4 is 5.97 Å². The van der Waals surface area contributed by atoms with Crippen LogP contribution in [0.3, 0.4) is 0 Å². The zero-order valence-corrected chi connectivity index (χ0v) is 18.4. The smallest absolute Gasteiger partial charge is 0.337 e. The van der Waals surface area contributed by atoms with E-state index in [4.69, 9.17) is 14.9 Å². The van der Waals surface area contributed by atoms with Crippen LogP contribution in [0, 0.1) is 0 Å². The molecule has 1 aliphatic rings. The molecule has 0 N–H and O–H groups in total. The number of carbonyl (C=O) groups excluding carboxylic acids is 1. The molecule has 0 bridgehead atoms. The summed E-state index contributed by atoms with van der Waals surface area (Å²) in [5.41, 5.74) is 8.84. The zero-order chi connectivity index (χ0) is 22.1. The molecule has 1 aliphatic carbocycles. The van der Waals surface area contributed by atoms with Crippen molar-refractivity contribution in [2.24, 2.45) is 0 Å². The first-order valence-corrected chi connectivity index (χ1v) is 11.0. The van der Waals surface area contributed by atoms with Crippen LogP contribution >= 0.6 is 0 Å². The number of ether oxygens (including phenoxy) is 1. The number of rotatable bonds is 6. The Labute approximate surface area is 187 Å². The molecule has 0 atom stereocenters. The van der Waals surface area contributed by atoms with Gasteiger partial charge in [-0.3, -0.25) is 9.36 Å². The lowest BCUT2D eigenvalue weighted by Crippen LogP contribution is -2.09. The maximum Gasteiger partial charge on any atom is 0.337 e. The fraction of sp³-hybridized carbons (Fsp3) is 0.269. The highest BCUT2D eigenvalue weighted by Crippen LogP contribution is 2.35. The summed E-state index contributed by atoms with van der Waals surface area (Å²) in [6.45, 7) is 3.61. The number of carbonyl (C=O) groups is 1. The Morgan fingerprint density at radius 2 is 1.78 bits per heavy atom. The molecule has 4 aromatic rings. The van der Waals surface area contributed by atoms with E-state index in [1.807, 2.05) is 35.0 Å². The van der Waals surface area contributed by atoms with E-state index in [0.717, 1.165) is 48.3 Å². The third-order valence-electron chi connectivity index (χ3n) is 6.12. The quantitative estimate of drug-likeness (QED) is 0.432. The van der Waals surface area contributed by atoms with Crippen molar-refractivity contribution in [1.29, 1.82) is 0 Å². The molecule has 2 aromatic carbocycles. The summed E-state index contributed by atoms with van der Waals surface area (Å²) in [6.07, 6.45) is 4.85. The van der Waals surface area contributed by atoms with Crippen LogP contribution in [0.2, 0.25) is 0 Å². The van der Waals surface area contributed by atoms with E-state index in [2.05, 4.69) is 42.1 Å². The number of aromatic nitrogens is 4. The van der Waals surface area contributed by atoms with Crippen LogP contribution < -0.4 is 0 Å². The summed E-state index contributed by atoms with van der Waals surface area (Å²) in [5, 5.41) is 9.81. The van der Waals surface area contributed by atoms with Gasteiger partial charge in [0.05, 0.1) is 30.6 Å². The fourth-order valence-corrected chi connectivity index (χ4v) is 4.42. The van der Waals surface area contributed by atoms with Crippen LogP contribution in [-0.2, 0) is 37.1 Å². The van der Waals surface area contributed by atoms with E-state index in [9.17, 15) is 4.79 Å². The summed E-state index contributed by atoms with van der Waals surface area (Å²) < 4.78 is 8.94. The fourth-order valence-electron chi connectivity index (χ4n) is 4.42. The van der Waals surface area contributed by atoms with Gasteiger partial charge in [0, 0.05) is 36.0 Å². The van der Waals surface area contributed by atoms with Crippen LogP contribution in [0.1, 0.15) is 45.4 Å². The summed E-state index contributed by atoms with van der Waals surface area (Å²) in [5.74, 6) is -0.323. The first-order chi connectivity index (χ1) is 15.7. The van der Waals surface area contributed by atoms with Crippen LogP contribution in [0.15, 0.2) is 60.8 Å². The molecule has 0 spiro atoms. The van der Waals surface area contributed by atoms with Crippen molar-refractivity contribution in [3.8, 4) is 11.3 Å². The van der Waals surface area contributed by atoms with Gasteiger partial charge >= 0.3 is 5.97 Å². The average molecular weight is 427 g/mol. The van der Waals surface area contributed by atoms with E-state index >= 15 is 0 Å². The number of nitrogens with zero attached hydrogens (tertiary/aromatic N) is 4. The largest absolute Gasteiger partial charge is 0.465 e. The minimum atomic E-state index is -0.323. The number of methoxy groups -OCH3 is 1. The van der Waals surface area contributed by atoms with Gasteiger partial charge in [-0.2, -0.15) is 10.2 Å². The molecule has 5 rings (SSSR count). The lowest BCUT2D eigenvalue weighted by atomic mass is 9.92. The highest BCUT2D eigenvalue weighted by atomic mass is 16.5. The van der Waals surface area contributed by atoms with Gasteiger partial charge in [0.1, 0.15) is 0 Å². The molecule has 2 aromatic heterocycles. The van der Waals surface area contributed by atoms with Gasteiger partial charge in [-0.25, -0.2) is 4.79 Å². The molecule has 0 unspecified atom stereocenters. The van der Waals surface area contributed by atoms with Crippen LogP contribution in [0.5, 0.6) is 0 Å². The summed E-state index contributed by atoms with van der Waals surface area (Å²) in [4.78, 5) is 11.8. The van der Waals surface area contributed by atoms with E-state index in [-0.39, 0.29) is 5.97 Å². The van der Waals surface area contributed by atoms with Crippen molar-refractivity contribution in [2.45, 2.75) is 39.3 Å². The number of aryl methyl sites for hydroxylation is 2. The molecular formula is C26H26N4O2. The Morgan fingerprint density at radius 3 is 2.50 bits per heavy atom. The molecule has 0 aliphatic heterocycles. The van der Waals surface area contributed by atoms with Crippen molar-refractivity contribution < 1.29 is 9.53 Å². The molecule has 6 heteroatoms. The van der Waals surface area contributed by atoms with Crippen molar-refractivity contribution in [3.63, 3.8) is 0 Å². The molecule has 32 heavy (non-hydrogen) atoms. The molecule has 6 nitrogen and oxygen atoms in total. The molecular weight excluding hydrogens is 400 g/mol. The lowest BCUT2D eigenvalue weighted by Gasteiger charge is -2.12. The van der Waals surface area contributed by atoms with Crippen LogP contribution in [-0.4, -0.2) is 32.6 Å². The minimum absolute atomic E-state index is 0.323. The molecule has 0 saturated carbocycles. The topological polar surface area (TPSA) is 61.9 Å². The molecule has 0 radical (unpaired) electrons. The summed E-state index contributed by atoms with van der Waals surface area (Å²) >= 11 is 0. The second kappa shape index (κ2) is 8.46. The minimum Gasteiger partial charge on any atom is -0.465 e. The Kier molecular flexibility index (Phi) is 5.35. The second-order valence-electron chi connectivity index (χ2n) is 8.13. The molecule has 0 fully saturated rings. The van der Waals surface area contributed by atoms with Crippen LogP contribution in [0.4, 0.5) is 0 Å². The van der Waals surface area contributed by atoms with E-state index in [1.165, 1.54) is 23.9 Å². The normalized spacial score (nSPS) is 12.3. The highest BCUT2D eigenvalue weighted by molar-refractivity contribution is 5.89. The summed E-state index contributed by atoms with van der Waals surface area (Å²) in [6, 6.07) is 18.1. The Morgan fingerprint density at radius 1 is 1.00 bits per heavy atom. The third kappa shape index (κ3) is 3.73. The number of benzene rings is 2. The SMILES string of the molecule is CCn1cc2c(n1)CCc1c-2nn(Cc2ccc(C(=O)OC)cc2)c1Cc1ccccc1. The number of fused-ring (bicyclic) bond motifs is 3. The van der Waals surface area contributed by atoms with Gasteiger partial charge in [-0.1, -0.05) is 42.5 Å². The van der Waals surface area contributed by atoms with Gasteiger partial charge in [-0.05, 0) is 43.0 Å². The van der Waals surface area contributed by atoms with Gasteiger partial charge < -0.3 is 4.74 Å². The van der Waals surface area contributed by atoms with Gasteiger partial charge in [0.25, 0.3) is 0 Å². The first kappa shape index (κ1) is 20.2. The van der Waals surface area contributed by atoms with Gasteiger partial charge in [0.2, 0.25) is 0 Å². The first-order valence-electron chi connectivity index (χ1n) is 11.0. The Bertz CT molecular complexity index is 1250. The monoisotopic (exact) mass is 426 g/mol.